The molecule has 2 aromatic rings. The van der Waals surface area contributed by atoms with E-state index in [-0.39, 0.29) is 17.4 Å². The van der Waals surface area contributed by atoms with E-state index in [1.807, 2.05) is 13.8 Å². The van der Waals surface area contributed by atoms with E-state index in [4.69, 9.17) is 9.52 Å². The Balaban J connectivity index is 1.89. The van der Waals surface area contributed by atoms with Crippen molar-refractivity contribution in [3.05, 3.63) is 53.2 Å². The normalized spacial score (nSPS) is 10.7. The molecular weight excluding hydrogens is 284 g/mol. The van der Waals surface area contributed by atoms with Gasteiger partial charge in [0.2, 0.25) is 0 Å². The number of carboxylic acids is 1. The van der Waals surface area contributed by atoms with Gasteiger partial charge >= 0.3 is 5.97 Å². The number of nitrogens with one attached hydrogen (secondary N) is 1. The van der Waals surface area contributed by atoms with Gasteiger partial charge in [0, 0.05) is 12.5 Å². The molecule has 1 aromatic heterocycles. The van der Waals surface area contributed by atoms with Crippen molar-refractivity contribution in [2.75, 3.05) is 6.54 Å². The minimum atomic E-state index is -0.952. The van der Waals surface area contributed by atoms with Crippen LogP contribution in [0.3, 0.4) is 0 Å². The molecule has 6 heteroatoms. The minimum Gasteiger partial charge on any atom is -0.478 e. The lowest BCUT2D eigenvalue weighted by Gasteiger charge is -2.06. The number of oxazole rings is 1. The molecule has 0 saturated heterocycles. The van der Waals surface area contributed by atoms with Crippen molar-refractivity contribution < 1.29 is 19.1 Å². The van der Waals surface area contributed by atoms with Gasteiger partial charge in [-0.05, 0) is 24.1 Å². The van der Waals surface area contributed by atoms with Crippen molar-refractivity contribution in [2.45, 2.75) is 26.2 Å². The topological polar surface area (TPSA) is 92.4 Å². The zero-order valence-corrected chi connectivity index (χ0v) is 12.5. The summed E-state index contributed by atoms with van der Waals surface area (Å²) in [5, 5.41) is 11.6. The van der Waals surface area contributed by atoms with E-state index in [2.05, 4.69) is 10.3 Å². The first-order chi connectivity index (χ1) is 10.5. The maximum Gasteiger partial charge on any atom is 0.335 e. The Morgan fingerprint density at radius 3 is 2.55 bits per heavy atom. The summed E-state index contributed by atoms with van der Waals surface area (Å²) < 4.78 is 5.22. The summed E-state index contributed by atoms with van der Waals surface area (Å²) in [4.78, 5) is 26.8. The second-order valence-electron chi connectivity index (χ2n) is 5.23. The molecule has 2 N–H and O–H groups in total. The molecule has 0 spiro atoms. The zero-order valence-electron chi connectivity index (χ0n) is 12.5. The quantitative estimate of drug-likeness (QED) is 0.855. The van der Waals surface area contributed by atoms with Crippen molar-refractivity contribution in [3.63, 3.8) is 0 Å². The van der Waals surface area contributed by atoms with Crippen LogP contribution in [0.4, 0.5) is 0 Å². The predicted molar refractivity (Wildman–Crippen MR) is 80.0 cm³/mol. The fourth-order valence-corrected chi connectivity index (χ4v) is 2.05. The van der Waals surface area contributed by atoms with E-state index >= 15 is 0 Å². The van der Waals surface area contributed by atoms with E-state index in [1.165, 1.54) is 6.39 Å². The van der Waals surface area contributed by atoms with Crippen LogP contribution in [-0.2, 0) is 6.42 Å². The average molecular weight is 302 g/mol. The third kappa shape index (κ3) is 3.72. The SMILES string of the molecule is CC(C)c1ocnc1C(=O)NCCc1ccc(C(=O)O)cc1. The first kappa shape index (κ1) is 15.8. The monoisotopic (exact) mass is 302 g/mol. The molecule has 0 aliphatic carbocycles. The molecular formula is C16H18N2O4. The second kappa shape index (κ2) is 6.89. The number of nitrogens with zero attached hydrogens (tertiary/aromatic N) is 1. The number of aromatic carboxylic acids is 1. The van der Waals surface area contributed by atoms with Crippen molar-refractivity contribution in [2.24, 2.45) is 0 Å². The lowest BCUT2D eigenvalue weighted by molar-refractivity contribution is 0.0696. The van der Waals surface area contributed by atoms with Crippen molar-refractivity contribution in [3.8, 4) is 0 Å². The molecule has 1 amide bonds. The molecule has 0 saturated carbocycles. The van der Waals surface area contributed by atoms with Crippen LogP contribution in [-0.4, -0.2) is 28.5 Å². The fraction of sp³-hybridized carbons (Fsp3) is 0.312. The highest BCUT2D eigenvalue weighted by atomic mass is 16.4. The van der Waals surface area contributed by atoms with Crippen molar-refractivity contribution in [1.82, 2.24) is 10.3 Å². The van der Waals surface area contributed by atoms with Crippen LogP contribution < -0.4 is 5.32 Å². The van der Waals surface area contributed by atoms with Crippen LogP contribution in [0.25, 0.3) is 0 Å². The van der Waals surface area contributed by atoms with E-state index in [1.54, 1.807) is 24.3 Å². The number of carbonyl (C=O) groups is 2. The molecule has 0 bridgehead atoms. The van der Waals surface area contributed by atoms with Gasteiger partial charge in [0.1, 0.15) is 5.76 Å². The number of carboxylic acid groups (broad SMARTS) is 1. The molecule has 0 radical (unpaired) electrons. The number of carbonyl (C=O) groups excluding carboxylic acids is 1. The maximum atomic E-state index is 12.1. The summed E-state index contributed by atoms with van der Waals surface area (Å²) in [5.41, 5.74) is 1.52. The Morgan fingerprint density at radius 1 is 1.27 bits per heavy atom. The van der Waals surface area contributed by atoms with Gasteiger partial charge in [-0.2, -0.15) is 0 Å². The molecule has 0 aliphatic rings. The number of benzene rings is 1. The third-order valence-corrected chi connectivity index (χ3v) is 3.23. The van der Waals surface area contributed by atoms with E-state index in [9.17, 15) is 9.59 Å². The van der Waals surface area contributed by atoms with Gasteiger partial charge in [-0.25, -0.2) is 9.78 Å². The van der Waals surface area contributed by atoms with Gasteiger partial charge in [-0.1, -0.05) is 26.0 Å². The standard InChI is InChI=1S/C16H18N2O4/c1-10(2)14-13(18-9-22-14)15(19)17-8-7-11-3-5-12(6-4-11)16(20)21/h3-6,9-10H,7-8H2,1-2H3,(H,17,19)(H,20,21). The van der Waals surface area contributed by atoms with E-state index in [0.717, 1.165) is 5.56 Å². The van der Waals surface area contributed by atoms with Gasteiger partial charge in [0.25, 0.3) is 5.91 Å². The van der Waals surface area contributed by atoms with Gasteiger partial charge in [-0.3, -0.25) is 4.79 Å². The average Bonchev–Trinajstić information content (AvgIpc) is 2.97. The number of amides is 1. The molecule has 2 rings (SSSR count). The fourth-order valence-electron chi connectivity index (χ4n) is 2.05. The summed E-state index contributed by atoms with van der Waals surface area (Å²) in [7, 11) is 0. The predicted octanol–water partition coefficient (Wildman–Crippen LogP) is 2.47. The highest BCUT2D eigenvalue weighted by Gasteiger charge is 2.18. The van der Waals surface area contributed by atoms with Gasteiger partial charge < -0.3 is 14.8 Å². The Morgan fingerprint density at radius 2 is 1.95 bits per heavy atom. The Bertz CT molecular complexity index is 659. The smallest absolute Gasteiger partial charge is 0.335 e. The third-order valence-electron chi connectivity index (χ3n) is 3.23. The number of hydrogen-bond acceptors (Lipinski definition) is 4. The molecule has 0 aliphatic heterocycles. The summed E-state index contributed by atoms with van der Waals surface area (Å²) in [6.07, 6.45) is 1.88. The largest absolute Gasteiger partial charge is 0.478 e. The van der Waals surface area contributed by atoms with Crippen molar-refractivity contribution >= 4 is 11.9 Å². The first-order valence-electron chi connectivity index (χ1n) is 7.03. The maximum absolute atomic E-state index is 12.1. The summed E-state index contributed by atoms with van der Waals surface area (Å²) in [5.74, 6) is -0.554. The van der Waals surface area contributed by atoms with Gasteiger partial charge in [-0.15, -0.1) is 0 Å². The van der Waals surface area contributed by atoms with E-state index in [0.29, 0.717) is 24.4 Å². The van der Waals surface area contributed by atoms with E-state index < -0.39 is 5.97 Å². The highest BCUT2D eigenvalue weighted by Crippen LogP contribution is 2.17. The number of hydrogen-bond donors (Lipinski definition) is 2. The molecule has 0 unspecified atom stereocenters. The molecule has 1 heterocycles. The highest BCUT2D eigenvalue weighted by molar-refractivity contribution is 5.93. The summed E-state index contributed by atoms with van der Waals surface area (Å²) in [6, 6.07) is 6.58. The second-order valence-corrected chi connectivity index (χ2v) is 5.23. The van der Waals surface area contributed by atoms with Gasteiger partial charge in [0.05, 0.1) is 5.56 Å². The number of rotatable bonds is 6. The molecule has 6 nitrogen and oxygen atoms in total. The lowest BCUT2D eigenvalue weighted by atomic mass is 10.1. The Labute approximate surface area is 128 Å². The molecule has 1 aromatic carbocycles. The van der Waals surface area contributed by atoms with Crippen LogP contribution in [0.2, 0.25) is 0 Å². The molecule has 0 atom stereocenters. The van der Waals surface area contributed by atoms with Crippen LogP contribution in [0.1, 0.15) is 51.9 Å². The Hall–Kier alpha value is -2.63. The molecule has 22 heavy (non-hydrogen) atoms. The van der Waals surface area contributed by atoms with Crippen LogP contribution in [0.15, 0.2) is 35.1 Å². The number of aromatic nitrogens is 1. The lowest BCUT2D eigenvalue weighted by Crippen LogP contribution is -2.27. The zero-order chi connectivity index (χ0) is 16.1. The summed E-state index contributed by atoms with van der Waals surface area (Å²) >= 11 is 0. The van der Waals surface area contributed by atoms with Crippen molar-refractivity contribution in [1.29, 1.82) is 0 Å². The minimum absolute atomic E-state index is 0.0896. The summed E-state index contributed by atoms with van der Waals surface area (Å²) in [6.45, 7) is 4.30. The van der Waals surface area contributed by atoms with Crippen LogP contribution >= 0.6 is 0 Å². The molecule has 0 fully saturated rings. The Kier molecular flexibility index (Phi) is 4.93. The molecule has 116 valence electrons. The van der Waals surface area contributed by atoms with Gasteiger partial charge in [0.15, 0.2) is 12.1 Å². The first-order valence-corrected chi connectivity index (χ1v) is 7.03. The van der Waals surface area contributed by atoms with Crippen LogP contribution in [0.5, 0.6) is 0 Å². The van der Waals surface area contributed by atoms with Crippen LogP contribution in [0, 0.1) is 0 Å².